The summed E-state index contributed by atoms with van der Waals surface area (Å²) in [5, 5.41) is 2.09. The first-order chi connectivity index (χ1) is 13.8. The van der Waals surface area contributed by atoms with Crippen LogP contribution in [0.25, 0.3) is 32.9 Å². The first kappa shape index (κ1) is 16.9. The Morgan fingerprint density at radius 3 is 2.29 bits per heavy atom. The van der Waals surface area contributed by atoms with Crippen LogP contribution in [0.4, 0.5) is 4.39 Å². The van der Waals surface area contributed by atoms with Crippen LogP contribution in [0.5, 0.6) is 0 Å². The van der Waals surface area contributed by atoms with Crippen molar-refractivity contribution in [3.63, 3.8) is 0 Å². The van der Waals surface area contributed by atoms with Gasteiger partial charge in [-0.05, 0) is 46.8 Å². The van der Waals surface area contributed by atoms with E-state index in [4.69, 9.17) is 4.98 Å². The normalized spacial score (nSPS) is 11.2. The molecule has 5 aromatic rings. The molecule has 0 spiro atoms. The molecule has 5 rings (SSSR count). The minimum Gasteiger partial charge on any atom is -0.319 e. The van der Waals surface area contributed by atoms with E-state index in [0.717, 1.165) is 28.0 Å². The minimum atomic E-state index is -0.219. The SMILES string of the molecule is Fc1ccc(Cn2c(-c3ccc(-c4cccs4)cc3)nc3ccccc32)cc1. The van der Waals surface area contributed by atoms with Gasteiger partial charge in [-0.1, -0.05) is 54.6 Å². The van der Waals surface area contributed by atoms with Gasteiger partial charge in [-0.2, -0.15) is 0 Å². The van der Waals surface area contributed by atoms with E-state index in [1.54, 1.807) is 11.3 Å². The lowest BCUT2D eigenvalue weighted by molar-refractivity contribution is 0.626. The summed E-state index contributed by atoms with van der Waals surface area (Å²) in [7, 11) is 0. The molecule has 4 heteroatoms. The molecule has 0 fully saturated rings. The first-order valence-electron chi connectivity index (χ1n) is 9.12. The van der Waals surface area contributed by atoms with E-state index in [1.165, 1.54) is 22.6 Å². The van der Waals surface area contributed by atoms with Gasteiger partial charge in [0.1, 0.15) is 11.6 Å². The summed E-state index contributed by atoms with van der Waals surface area (Å²) < 4.78 is 15.5. The molecular weight excluding hydrogens is 367 g/mol. The molecule has 136 valence electrons. The van der Waals surface area contributed by atoms with Gasteiger partial charge in [-0.3, -0.25) is 0 Å². The van der Waals surface area contributed by atoms with Crippen molar-refractivity contribution in [1.82, 2.24) is 9.55 Å². The van der Waals surface area contributed by atoms with Gasteiger partial charge >= 0.3 is 0 Å². The summed E-state index contributed by atoms with van der Waals surface area (Å²) in [5.74, 6) is 0.701. The lowest BCUT2D eigenvalue weighted by atomic mass is 10.1. The number of thiophene rings is 1. The van der Waals surface area contributed by atoms with Crippen molar-refractivity contribution in [3.8, 4) is 21.8 Å². The lowest BCUT2D eigenvalue weighted by Gasteiger charge is -2.10. The van der Waals surface area contributed by atoms with Gasteiger partial charge in [0.15, 0.2) is 0 Å². The monoisotopic (exact) mass is 384 g/mol. The molecule has 0 radical (unpaired) electrons. The van der Waals surface area contributed by atoms with Gasteiger partial charge in [0, 0.05) is 17.0 Å². The zero-order valence-corrected chi connectivity index (χ0v) is 15.9. The first-order valence-corrected chi connectivity index (χ1v) is 10.00. The van der Waals surface area contributed by atoms with E-state index in [9.17, 15) is 4.39 Å². The van der Waals surface area contributed by atoms with Crippen LogP contribution in [0.15, 0.2) is 90.3 Å². The highest BCUT2D eigenvalue weighted by Crippen LogP contribution is 2.30. The molecule has 0 saturated carbocycles. The van der Waals surface area contributed by atoms with Gasteiger partial charge in [0.05, 0.1) is 11.0 Å². The summed E-state index contributed by atoms with van der Waals surface area (Å²) in [6, 6.07) is 27.5. The average Bonchev–Trinajstić information content (AvgIpc) is 3.39. The van der Waals surface area contributed by atoms with Crippen molar-refractivity contribution in [2.24, 2.45) is 0 Å². The van der Waals surface area contributed by atoms with Crippen LogP contribution in [-0.2, 0) is 6.54 Å². The second-order valence-corrected chi connectivity index (χ2v) is 7.64. The maximum absolute atomic E-state index is 13.3. The Kier molecular flexibility index (Phi) is 4.26. The molecule has 0 aliphatic carbocycles. The Morgan fingerprint density at radius 2 is 1.54 bits per heavy atom. The molecule has 28 heavy (non-hydrogen) atoms. The number of halogens is 1. The summed E-state index contributed by atoms with van der Waals surface area (Å²) >= 11 is 1.74. The topological polar surface area (TPSA) is 17.8 Å². The molecule has 0 N–H and O–H groups in total. The van der Waals surface area contributed by atoms with Crippen molar-refractivity contribution >= 4 is 22.4 Å². The fourth-order valence-corrected chi connectivity index (χ4v) is 4.19. The predicted octanol–water partition coefficient (Wildman–Crippen LogP) is 6.62. The van der Waals surface area contributed by atoms with E-state index >= 15 is 0 Å². The molecule has 2 heterocycles. The number of nitrogens with zero attached hydrogens (tertiary/aromatic N) is 2. The molecule has 0 saturated heterocycles. The van der Waals surface area contributed by atoms with Crippen LogP contribution in [0.3, 0.4) is 0 Å². The van der Waals surface area contributed by atoms with Crippen molar-refractivity contribution in [3.05, 3.63) is 102 Å². The largest absolute Gasteiger partial charge is 0.319 e. The number of hydrogen-bond donors (Lipinski definition) is 0. The van der Waals surface area contributed by atoms with Crippen molar-refractivity contribution in [2.45, 2.75) is 6.54 Å². The second kappa shape index (κ2) is 7.06. The fourth-order valence-electron chi connectivity index (χ4n) is 3.45. The van der Waals surface area contributed by atoms with E-state index < -0.39 is 0 Å². The summed E-state index contributed by atoms with van der Waals surface area (Å²) in [6.45, 7) is 0.642. The molecule has 3 aromatic carbocycles. The smallest absolute Gasteiger partial charge is 0.141 e. The highest BCUT2D eigenvalue weighted by atomic mass is 32.1. The van der Waals surface area contributed by atoms with Crippen molar-refractivity contribution < 1.29 is 4.39 Å². The van der Waals surface area contributed by atoms with Crippen LogP contribution >= 0.6 is 11.3 Å². The Balaban J connectivity index is 1.59. The third-order valence-corrected chi connectivity index (χ3v) is 5.78. The second-order valence-electron chi connectivity index (χ2n) is 6.69. The minimum absolute atomic E-state index is 0.219. The molecule has 0 amide bonds. The van der Waals surface area contributed by atoms with Gasteiger partial charge in [0.2, 0.25) is 0 Å². The molecule has 0 aliphatic heterocycles. The Hall–Kier alpha value is -3.24. The number of hydrogen-bond acceptors (Lipinski definition) is 2. The Morgan fingerprint density at radius 1 is 0.786 bits per heavy atom. The van der Waals surface area contributed by atoms with Crippen LogP contribution in [-0.4, -0.2) is 9.55 Å². The third-order valence-electron chi connectivity index (χ3n) is 4.86. The van der Waals surface area contributed by atoms with Crippen LogP contribution in [0.2, 0.25) is 0 Å². The third kappa shape index (κ3) is 3.12. The molecule has 0 unspecified atom stereocenters. The fraction of sp³-hybridized carbons (Fsp3) is 0.0417. The van der Waals surface area contributed by atoms with E-state index in [1.807, 2.05) is 30.3 Å². The summed E-state index contributed by atoms with van der Waals surface area (Å²) in [5.41, 5.74) is 5.35. The maximum Gasteiger partial charge on any atom is 0.141 e. The number of aromatic nitrogens is 2. The molecule has 0 atom stereocenters. The molecule has 2 aromatic heterocycles. The number of rotatable bonds is 4. The van der Waals surface area contributed by atoms with Gasteiger partial charge < -0.3 is 4.57 Å². The van der Waals surface area contributed by atoms with Crippen molar-refractivity contribution in [1.29, 1.82) is 0 Å². The standard InChI is InChI=1S/C24H17FN2S/c25-20-13-7-17(8-14-20)16-27-22-5-2-1-4-21(22)26-24(27)19-11-9-18(10-12-19)23-6-3-15-28-23/h1-15H,16H2. The Labute approximate surface area is 166 Å². The Bertz CT molecular complexity index is 1220. The van der Waals surface area contributed by atoms with E-state index in [2.05, 4.69) is 52.4 Å². The molecular formula is C24H17FN2S. The van der Waals surface area contributed by atoms with E-state index in [-0.39, 0.29) is 5.82 Å². The highest BCUT2D eigenvalue weighted by Gasteiger charge is 2.13. The predicted molar refractivity (Wildman–Crippen MR) is 114 cm³/mol. The summed E-state index contributed by atoms with van der Waals surface area (Å²) in [4.78, 5) is 6.14. The lowest BCUT2D eigenvalue weighted by Crippen LogP contribution is -2.02. The molecule has 2 nitrogen and oxygen atoms in total. The van der Waals surface area contributed by atoms with Crippen LogP contribution < -0.4 is 0 Å². The average molecular weight is 384 g/mol. The number of benzene rings is 3. The highest BCUT2D eigenvalue weighted by molar-refractivity contribution is 7.13. The van der Waals surface area contributed by atoms with Crippen LogP contribution in [0.1, 0.15) is 5.56 Å². The summed E-state index contributed by atoms with van der Waals surface area (Å²) in [6.07, 6.45) is 0. The van der Waals surface area contributed by atoms with Crippen LogP contribution in [0, 0.1) is 5.82 Å². The van der Waals surface area contributed by atoms with E-state index in [0.29, 0.717) is 6.54 Å². The van der Waals surface area contributed by atoms with Gasteiger partial charge in [-0.15, -0.1) is 11.3 Å². The van der Waals surface area contributed by atoms with Gasteiger partial charge in [0.25, 0.3) is 0 Å². The molecule has 0 aliphatic rings. The van der Waals surface area contributed by atoms with Crippen molar-refractivity contribution in [2.75, 3.05) is 0 Å². The zero-order valence-electron chi connectivity index (χ0n) is 15.0. The molecule has 0 bridgehead atoms. The van der Waals surface area contributed by atoms with Gasteiger partial charge in [-0.25, -0.2) is 9.37 Å². The number of imidazole rings is 1. The maximum atomic E-state index is 13.3. The quantitative estimate of drug-likeness (QED) is 0.340. The zero-order chi connectivity index (χ0) is 18.9. The number of fused-ring (bicyclic) bond motifs is 1. The number of para-hydroxylation sites is 2.